The molecule has 0 bridgehead atoms. The number of nitro benzene ring substituents is 1. The maximum Gasteiger partial charge on any atom is 0.271 e. The van der Waals surface area contributed by atoms with Crippen LogP contribution in [0.15, 0.2) is 47.2 Å². The Bertz CT molecular complexity index is 885. The number of benzene rings is 2. The molecule has 7 nitrogen and oxygen atoms in total. The highest BCUT2D eigenvalue weighted by atomic mass is 79.9. The van der Waals surface area contributed by atoms with Crippen molar-refractivity contribution in [2.24, 2.45) is 0 Å². The molecule has 0 aliphatic heterocycles. The van der Waals surface area contributed by atoms with E-state index in [-0.39, 0.29) is 17.1 Å². The Balaban J connectivity index is 2.09. The van der Waals surface area contributed by atoms with Gasteiger partial charge in [-0.05, 0) is 18.2 Å². The number of nitro groups is 1. The maximum atomic E-state index is 11.9. The predicted molar refractivity (Wildman–Crippen MR) is 83.1 cm³/mol. The van der Waals surface area contributed by atoms with E-state index < -0.39 is 4.92 Å². The minimum Gasteiger partial charge on any atom is -0.871 e. The van der Waals surface area contributed by atoms with Crippen molar-refractivity contribution in [3.63, 3.8) is 0 Å². The highest BCUT2D eigenvalue weighted by Crippen LogP contribution is 2.31. The summed E-state index contributed by atoms with van der Waals surface area (Å²) in [6, 6.07) is 8.96. The topological polar surface area (TPSA) is 104 Å². The second kappa shape index (κ2) is 5.57. The number of rotatable bonds is 3. The van der Waals surface area contributed by atoms with Gasteiger partial charge in [0.1, 0.15) is 12.1 Å². The summed E-state index contributed by atoms with van der Waals surface area (Å²) in [6.45, 7) is 0. The SMILES string of the molecule is O=[N+]([O-])c1ccc([O-])c(Nc2ncnc3ccc(Br)cc23)c1. The lowest BCUT2D eigenvalue weighted by Gasteiger charge is -2.15. The van der Waals surface area contributed by atoms with E-state index in [0.717, 1.165) is 10.5 Å². The molecule has 0 atom stereocenters. The highest BCUT2D eigenvalue weighted by Gasteiger charge is 2.09. The van der Waals surface area contributed by atoms with Gasteiger partial charge in [-0.2, -0.15) is 0 Å². The number of anilines is 2. The fourth-order valence-corrected chi connectivity index (χ4v) is 2.35. The molecule has 2 aromatic carbocycles. The first kappa shape index (κ1) is 14.2. The van der Waals surface area contributed by atoms with E-state index in [1.54, 1.807) is 12.1 Å². The molecule has 3 aromatic rings. The molecule has 22 heavy (non-hydrogen) atoms. The molecular formula is C14H8BrN4O3-. The number of hydrogen-bond donors (Lipinski definition) is 1. The lowest BCUT2D eigenvalue weighted by atomic mass is 10.2. The molecule has 3 rings (SSSR count). The molecule has 8 heteroatoms. The average molecular weight is 360 g/mol. The van der Waals surface area contributed by atoms with Gasteiger partial charge >= 0.3 is 0 Å². The van der Waals surface area contributed by atoms with Crippen LogP contribution < -0.4 is 10.4 Å². The van der Waals surface area contributed by atoms with Gasteiger partial charge < -0.3 is 10.4 Å². The van der Waals surface area contributed by atoms with Crippen LogP contribution >= 0.6 is 15.9 Å². The second-order valence-electron chi connectivity index (χ2n) is 4.45. The third kappa shape index (κ3) is 2.68. The van der Waals surface area contributed by atoms with Gasteiger partial charge in [-0.15, -0.1) is 0 Å². The van der Waals surface area contributed by atoms with Gasteiger partial charge in [-0.3, -0.25) is 10.1 Å². The van der Waals surface area contributed by atoms with E-state index in [1.165, 1.54) is 18.5 Å². The van der Waals surface area contributed by atoms with Crippen molar-refractivity contribution in [2.75, 3.05) is 5.32 Å². The third-order valence-electron chi connectivity index (χ3n) is 3.02. The molecule has 0 saturated carbocycles. The van der Waals surface area contributed by atoms with E-state index in [2.05, 4.69) is 31.2 Å². The van der Waals surface area contributed by atoms with E-state index in [0.29, 0.717) is 16.7 Å². The zero-order valence-corrected chi connectivity index (χ0v) is 12.6. The molecule has 0 aliphatic rings. The van der Waals surface area contributed by atoms with Crippen molar-refractivity contribution in [3.8, 4) is 5.75 Å². The van der Waals surface area contributed by atoms with E-state index >= 15 is 0 Å². The Labute approximate surface area is 132 Å². The fourth-order valence-electron chi connectivity index (χ4n) is 1.99. The van der Waals surface area contributed by atoms with Crippen LogP contribution in [0.3, 0.4) is 0 Å². The molecular weight excluding hydrogens is 352 g/mol. The first-order valence-electron chi connectivity index (χ1n) is 6.17. The van der Waals surface area contributed by atoms with Crippen molar-refractivity contribution in [3.05, 3.63) is 57.3 Å². The van der Waals surface area contributed by atoms with E-state index in [1.807, 2.05) is 6.07 Å². The van der Waals surface area contributed by atoms with Gasteiger partial charge in [0.2, 0.25) is 0 Å². The van der Waals surface area contributed by atoms with Crippen LogP contribution in [0.25, 0.3) is 10.9 Å². The number of nitrogens with one attached hydrogen (secondary N) is 1. The molecule has 110 valence electrons. The monoisotopic (exact) mass is 359 g/mol. The summed E-state index contributed by atoms with van der Waals surface area (Å²) >= 11 is 3.36. The Morgan fingerprint density at radius 1 is 1.14 bits per heavy atom. The molecule has 0 spiro atoms. The molecule has 1 N–H and O–H groups in total. The summed E-state index contributed by atoms with van der Waals surface area (Å²) in [7, 11) is 0. The predicted octanol–water partition coefficient (Wildman–Crippen LogP) is 3.12. The van der Waals surface area contributed by atoms with E-state index in [4.69, 9.17) is 0 Å². The summed E-state index contributed by atoms with van der Waals surface area (Å²) in [5.74, 6) is 0.0521. The maximum absolute atomic E-state index is 11.9. The summed E-state index contributed by atoms with van der Waals surface area (Å²) < 4.78 is 0.833. The normalized spacial score (nSPS) is 10.6. The number of nitrogens with zero attached hydrogens (tertiary/aromatic N) is 3. The lowest BCUT2D eigenvalue weighted by Crippen LogP contribution is -2.01. The first-order valence-corrected chi connectivity index (χ1v) is 6.96. The Kier molecular flexibility index (Phi) is 3.60. The minimum atomic E-state index is -0.556. The largest absolute Gasteiger partial charge is 0.871 e. The molecule has 0 unspecified atom stereocenters. The smallest absolute Gasteiger partial charge is 0.271 e. The number of halogens is 1. The number of aromatic nitrogens is 2. The van der Waals surface area contributed by atoms with Crippen LogP contribution in [0.1, 0.15) is 0 Å². The molecule has 0 amide bonds. The number of non-ortho nitro benzene ring substituents is 1. The minimum absolute atomic E-state index is 0.0918. The molecule has 0 radical (unpaired) electrons. The standard InChI is InChI=1S/C14H9BrN4O3/c15-8-1-3-11-10(5-8)14(17-7-16-11)18-12-6-9(19(21)22)2-4-13(12)20/h1-7,20H,(H,16,17,18)/p-1. The van der Waals surface area contributed by atoms with Crippen molar-refractivity contribution in [1.29, 1.82) is 0 Å². The average Bonchev–Trinajstić information content (AvgIpc) is 2.49. The van der Waals surface area contributed by atoms with Crippen LogP contribution in [0.5, 0.6) is 5.75 Å². The summed E-state index contributed by atoms with van der Waals surface area (Å²) in [5.41, 5.74) is 0.620. The Hall–Kier alpha value is -2.74. The zero-order chi connectivity index (χ0) is 15.7. The van der Waals surface area contributed by atoms with Crippen LogP contribution in [0.2, 0.25) is 0 Å². The molecule has 1 aromatic heterocycles. The Morgan fingerprint density at radius 3 is 2.73 bits per heavy atom. The third-order valence-corrected chi connectivity index (χ3v) is 3.52. The fraction of sp³-hybridized carbons (Fsp3) is 0. The second-order valence-corrected chi connectivity index (χ2v) is 5.36. The van der Waals surface area contributed by atoms with Gasteiger partial charge in [0, 0.05) is 27.7 Å². The van der Waals surface area contributed by atoms with Gasteiger partial charge in [0.15, 0.2) is 0 Å². The van der Waals surface area contributed by atoms with Gasteiger partial charge in [-0.25, -0.2) is 9.97 Å². The van der Waals surface area contributed by atoms with Gasteiger partial charge in [0.05, 0.1) is 10.4 Å². The summed E-state index contributed by atoms with van der Waals surface area (Å²) in [4.78, 5) is 18.5. The van der Waals surface area contributed by atoms with Gasteiger partial charge in [0.25, 0.3) is 5.69 Å². The van der Waals surface area contributed by atoms with Crippen molar-refractivity contribution >= 4 is 44.0 Å². The van der Waals surface area contributed by atoms with Crippen molar-refractivity contribution < 1.29 is 10.0 Å². The Morgan fingerprint density at radius 2 is 1.95 bits per heavy atom. The molecule has 1 heterocycles. The quantitative estimate of drug-likeness (QED) is 0.569. The van der Waals surface area contributed by atoms with Crippen molar-refractivity contribution in [1.82, 2.24) is 9.97 Å². The molecule has 0 saturated heterocycles. The lowest BCUT2D eigenvalue weighted by molar-refractivity contribution is -0.385. The zero-order valence-electron chi connectivity index (χ0n) is 11.0. The number of fused-ring (bicyclic) bond motifs is 1. The van der Waals surface area contributed by atoms with Crippen molar-refractivity contribution in [2.45, 2.75) is 0 Å². The summed E-state index contributed by atoms with van der Waals surface area (Å²) in [6.07, 6.45) is 1.36. The highest BCUT2D eigenvalue weighted by molar-refractivity contribution is 9.10. The summed E-state index contributed by atoms with van der Waals surface area (Å²) in [5, 5.41) is 26.2. The van der Waals surface area contributed by atoms with Crippen LogP contribution in [0.4, 0.5) is 17.2 Å². The van der Waals surface area contributed by atoms with Crippen LogP contribution in [0, 0.1) is 10.1 Å². The molecule has 0 fully saturated rings. The number of hydrogen-bond acceptors (Lipinski definition) is 6. The van der Waals surface area contributed by atoms with Crippen LogP contribution in [-0.2, 0) is 0 Å². The van der Waals surface area contributed by atoms with Gasteiger partial charge in [-0.1, -0.05) is 27.7 Å². The molecule has 0 aliphatic carbocycles. The van der Waals surface area contributed by atoms with E-state index in [9.17, 15) is 15.2 Å². The van der Waals surface area contributed by atoms with Crippen LogP contribution in [-0.4, -0.2) is 14.9 Å². The first-order chi connectivity index (χ1) is 10.5.